The normalized spacial score (nSPS) is 10.4. The monoisotopic (exact) mass is 393 g/mol. The van der Waals surface area contributed by atoms with Crippen LogP contribution in [-0.2, 0) is 9.59 Å². The maximum Gasteiger partial charge on any atom is 0.387 e. The van der Waals surface area contributed by atoms with Crippen LogP contribution >= 0.6 is 0 Å². The molecule has 150 valence electrons. The lowest BCUT2D eigenvalue weighted by atomic mass is 10.2. The van der Waals surface area contributed by atoms with E-state index in [-0.39, 0.29) is 31.2 Å². The van der Waals surface area contributed by atoms with Crippen LogP contribution in [0, 0.1) is 0 Å². The zero-order valence-corrected chi connectivity index (χ0v) is 15.2. The van der Waals surface area contributed by atoms with Crippen molar-refractivity contribution in [2.24, 2.45) is 5.73 Å². The minimum absolute atomic E-state index is 0.00526. The second-order valence-electron chi connectivity index (χ2n) is 5.79. The van der Waals surface area contributed by atoms with Crippen molar-refractivity contribution < 1.29 is 27.8 Å². The number of carbonyl (C=O) groups excluding carboxylic acids is 2. The molecule has 2 aromatic carbocycles. The van der Waals surface area contributed by atoms with Gasteiger partial charge in [0.15, 0.2) is 0 Å². The number of alkyl halides is 2. The zero-order valence-electron chi connectivity index (χ0n) is 15.2. The average molecular weight is 393 g/mol. The first-order valence-corrected chi connectivity index (χ1v) is 8.39. The minimum atomic E-state index is -2.91. The van der Waals surface area contributed by atoms with Gasteiger partial charge in [-0.3, -0.25) is 9.59 Å². The van der Waals surface area contributed by atoms with E-state index in [4.69, 9.17) is 10.5 Å². The summed E-state index contributed by atoms with van der Waals surface area (Å²) in [6.07, 6.45) is 0.0823. The van der Waals surface area contributed by atoms with Gasteiger partial charge in [-0.15, -0.1) is 0 Å². The van der Waals surface area contributed by atoms with E-state index in [1.54, 1.807) is 36.3 Å². The van der Waals surface area contributed by atoms with Gasteiger partial charge in [0, 0.05) is 24.3 Å². The van der Waals surface area contributed by atoms with Crippen LogP contribution in [-0.4, -0.2) is 38.6 Å². The third kappa shape index (κ3) is 6.75. The molecule has 3 N–H and O–H groups in total. The van der Waals surface area contributed by atoms with Crippen LogP contribution < -0.4 is 25.4 Å². The van der Waals surface area contributed by atoms with E-state index in [0.717, 1.165) is 5.69 Å². The van der Waals surface area contributed by atoms with Crippen LogP contribution in [0.4, 0.5) is 20.2 Å². The Morgan fingerprint density at radius 3 is 2.21 bits per heavy atom. The molecule has 0 saturated carbocycles. The minimum Gasteiger partial charge on any atom is -0.497 e. The number of benzene rings is 2. The van der Waals surface area contributed by atoms with Gasteiger partial charge in [0.1, 0.15) is 11.5 Å². The quantitative estimate of drug-likeness (QED) is 0.647. The number of ether oxygens (including phenoxy) is 2. The molecular weight excluding hydrogens is 372 g/mol. The van der Waals surface area contributed by atoms with Gasteiger partial charge in [-0.1, -0.05) is 0 Å². The molecule has 9 heteroatoms. The molecule has 7 nitrogen and oxygen atoms in total. The maximum atomic E-state index is 12.4. The number of halogens is 2. The van der Waals surface area contributed by atoms with Crippen molar-refractivity contribution >= 4 is 23.2 Å². The molecule has 2 rings (SSSR count). The van der Waals surface area contributed by atoms with E-state index in [1.807, 2.05) is 0 Å². The topological polar surface area (TPSA) is 93.9 Å². The molecule has 0 heterocycles. The van der Waals surface area contributed by atoms with Gasteiger partial charge in [-0.2, -0.15) is 8.78 Å². The fourth-order valence-electron chi connectivity index (χ4n) is 2.43. The number of nitrogens with two attached hydrogens (primary N) is 1. The molecule has 0 unspecified atom stereocenters. The highest BCUT2D eigenvalue weighted by molar-refractivity contribution is 5.94. The van der Waals surface area contributed by atoms with Gasteiger partial charge in [0.25, 0.3) is 0 Å². The molecule has 0 saturated heterocycles. The molecule has 2 amide bonds. The molecule has 0 aromatic heterocycles. The van der Waals surface area contributed by atoms with Gasteiger partial charge in [0.2, 0.25) is 11.8 Å². The Labute approximate surface area is 161 Å². The van der Waals surface area contributed by atoms with Crippen molar-refractivity contribution in [1.82, 2.24) is 0 Å². The van der Waals surface area contributed by atoms with Crippen molar-refractivity contribution in [3.63, 3.8) is 0 Å². The standard InChI is InChI=1S/C19H21F2N3O4/c1-27-15-8-4-14(5-9-15)24(11-10-17(22)25)12-18(26)23-13-2-6-16(7-3-13)28-19(20)21/h2-9,19H,10-12H2,1H3,(H2,22,25)(H,23,26). The van der Waals surface area contributed by atoms with E-state index >= 15 is 0 Å². The number of methoxy groups -OCH3 is 1. The summed E-state index contributed by atoms with van der Waals surface area (Å²) in [6, 6.07) is 12.6. The lowest BCUT2D eigenvalue weighted by Gasteiger charge is -2.24. The maximum absolute atomic E-state index is 12.4. The van der Waals surface area contributed by atoms with Gasteiger partial charge >= 0.3 is 6.61 Å². The van der Waals surface area contributed by atoms with Crippen LogP contribution in [0.2, 0.25) is 0 Å². The Balaban J connectivity index is 2.03. The number of rotatable bonds is 10. The molecule has 0 radical (unpaired) electrons. The number of carbonyl (C=O) groups is 2. The second-order valence-corrected chi connectivity index (χ2v) is 5.79. The molecule has 2 aromatic rings. The first-order valence-electron chi connectivity index (χ1n) is 8.39. The van der Waals surface area contributed by atoms with Crippen molar-refractivity contribution in [1.29, 1.82) is 0 Å². The third-order valence-electron chi connectivity index (χ3n) is 3.76. The smallest absolute Gasteiger partial charge is 0.387 e. The van der Waals surface area contributed by atoms with Crippen LogP contribution in [0.1, 0.15) is 6.42 Å². The predicted molar refractivity (Wildman–Crippen MR) is 101 cm³/mol. The number of anilines is 2. The average Bonchev–Trinajstić information content (AvgIpc) is 2.66. The molecule has 0 bridgehead atoms. The van der Waals surface area contributed by atoms with Crippen LogP contribution in [0.25, 0.3) is 0 Å². The largest absolute Gasteiger partial charge is 0.497 e. The van der Waals surface area contributed by atoms with Crippen molar-refractivity contribution in [2.75, 3.05) is 30.4 Å². The summed E-state index contributed by atoms with van der Waals surface area (Å²) in [6.45, 7) is -2.69. The first kappa shape index (κ1) is 20.9. The summed E-state index contributed by atoms with van der Waals surface area (Å²) in [5.41, 5.74) is 6.36. The second kappa shape index (κ2) is 10.1. The van der Waals surface area contributed by atoms with E-state index in [0.29, 0.717) is 11.4 Å². The highest BCUT2D eigenvalue weighted by atomic mass is 19.3. The summed E-state index contributed by atoms with van der Waals surface area (Å²) < 4.78 is 33.7. The Kier molecular flexibility index (Phi) is 7.55. The SMILES string of the molecule is COc1ccc(N(CCC(N)=O)CC(=O)Nc2ccc(OC(F)F)cc2)cc1. The lowest BCUT2D eigenvalue weighted by molar-refractivity contribution is -0.118. The summed E-state index contributed by atoms with van der Waals surface area (Å²) in [7, 11) is 1.55. The number of nitrogens with zero attached hydrogens (tertiary/aromatic N) is 1. The molecule has 28 heavy (non-hydrogen) atoms. The Hall–Kier alpha value is -3.36. The van der Waals surface area contributed by atoms with E-state index in [1.165, 1.54) is 24.3 Å². The molecular formula is C19H21F2N3O4. The Morgan fingerprint density at radius 2 is 1.68 bits per heavy atom. The number of nitrogens with one attached hydrogen (secondary N) is 1. The summed E-state index contributed by atoms with van der Waals surface area (Å²) in [4.78, 5) is 25.2. The number of hydrogen-bond acceptors (Lipinski definition) is 5. The van der Waals surface area contributed by atoms with E-state index < -0.39 is 12.5 Å². The summed E-state index contributed by atoms with van der Waals surface area (Å²) in [5, 5.41) is 2.67. The van der Waals surface area contributed by atoms with Crippen LogP contribution in [0.5, 0.6) is 11.5 Å². The van der Waals surface area contributed by atoms with Gasteiger partial charge in [-0.05, 0) is 48.5 Å². The van der Waals surface area contributed by atoms with Crippen LogP contribution in [0.15, 0.2) is 48.5 Å². The number of primary amides is 1. The predicted octanol–water partition coefficient (Wildman–Crippen LogP) is 2.62. The lowest BCUT2D eigenvalue weighted by Crippen LogP contribution is -2.35. The fraction of sp³-hybridized carbons (Fsp3) is 0.263. The van der Waals surface area contributed by atoms with Crippen molar-refractivity contribution in [2.45, 2.75) is 13.0 Å². The first-order chi connectivity index (χ1) is 13.4. The molecule has 0 aliphatic heterocycles. The number of hydrogen-bond donors (Lipinski definition) is 2. The Morgan fingerprint density at radius 1 is 1.07 bits per heavy atom. The fourth-order valence-corrected chi connectivity index (χ4v) is 2.43. The molecule has 0 spiro atoms. The summed E-state index contributed by atoms with van der Waals surface area (Å²) >= 11 is 0. The van der Waals surface area contributed by atoms with Gasteiger partial charge in [0.05, 0.1) is 13.7 Å². The van der Waals surface area contributed by atoms with Crippen molar-refractivity contribution in [3.8, 4) is 11.5 Å². The number of amides is 2. The zero-order chi connectivity index (χ0) is 20.5. The summed E-state index contributed by atoms with van der Waals surface area (Å²) in [5.74, 6) is -0.167. The molecule has 0 fully saturated rings. The van der Waals surface area contributed by atoms with Gasteiger partial charge < -0.3 is 25.4 Å². The van der Waals surface area contributed by atoms with Crippen molar-refractivity contribution in [3.05, 3.63) is 48.5 Å². The third-order valence-corrected chi connectivity index (χ3v) is 3.76. The van der Waals surface area contributed by atoms with Crippen LogP contribution in [0.3, 0.4) is 0 Å². The molecule has 0 aliphatic carbocycles. The highest BCUT2D eigenvalue weighted by Gasteiger charge is 2.14. The van der Waals surface area contributed by atoms with E-state index in [2.05, 4.69) is 10.1 Å². The van der Waals surface area contributed by atoms with Gasteiger partial charge in [-0.25, -0.2) is 0 Å². The Bertz CT molecular complexity index is 783. The molecule has 0 aliphatic rings. The molecule has 0 atom stereocenters. The van der Waals surface area contributed by atoms with E-state index in [9.17, 15) is 18.4 Å². The highest BCUT2D eigenvalue weighted by Crippen LogP contribution is 2.20.